The van der Waals surface area contributed by atoms with Crippen molar-refractivity contribution >= 4 is 28.7 Å². The van der Waals surface area contributed by atoms with Crippen LogP contribution >= 0.6 is 12.2 Å². The number of nitro groups is 1. The Hall–Kier alpha value is -4.24. The van der Waals surface area contributed by atoms with Gasteiger partial charge in [-0.2, -0.15) is 0 Å². The number of thiocarbonyl (C=S) groups is 1. The summed E-state index contributed by atoms with van der Waals surface area (Å²) < 4.78 is 7.28. The number of hydrogen-bond acceptors (Lipinski definition) is 5. The third kappa shape index (κ3) is 3.86. The molecule has 2 aromatic carbocycles. The maximum Gasteiger partial charge on any atom is 0.271 e. The summed E-state index contributed by atoms with van der Waals surface area (Å²) in [4.78, 5) is 17.6. The molecule has 4 aromatic rings. The van der Waals surface area contributed by atoms with Gasteiger partial charge in [-0.05, 0) is 66.8 Å². The molecule has 2 aromatic heterocycles. The summed E-state index contributed by atoms with van der Waals surface area (Å²) in [5.41, 5.74) is 3.39. The van der Waals surface area contributed by atoms with E-state index in [-0.39, 0.29) is 22.7 Å². The van der Waals surface area contributed by atoms with Gasteiger partial charge in [0.15, 0.2) is 5.11 Å². The van der Waals surface area contributed by atoms with Gasteiger partial charge in [0.2, 0.25) is 0 Å². The van der Waals surface area contributed by atoms with E-state index in [1.165, 1.54) is 6.07 Å². The van der Waals surface area contributed by atoms with Crippen LogP contribution in [0.1, 0.15) is 23.5 Å². The molecule has 1 N–H and O–H groups in total. The normalized spacial score (nSPS) is 17.4. The Balaban J connectivity index is 1.65. The van der Waals surface area contributed by atoms with Crippen LogP contribution in [0.2, 0.25) is 0 Å². The Bertz CT molecular complexity index is 1340. The lowest BCUT2D eigenvalue weighted by Crippen LogP contribution is -2.30. The molecule has 3 heterocycles. The first-order chi connectivity index (χ1) is 16.6. The minimum absolute atomic E-state index is 0.0329. The molecular weight excluding hydrogens is 450 g/mol. The molecule has 0 spiro atoms. The number of rotatable bonds is 6. The Morgan fingerprint density at radius 1 is 1.03 bits per heavy atom. The number of methoxy groups -OCH3 is 1. The zero-order valence-electron chi connectivity index (χ0n) is 18.2. The van der Waals surface area contributed by atoms with Crippen LogP contribution in [0.25, 0.3) is 5.69 Å². The van der Waals surface area contributed by atoms with Crippen molar-refractivity contribution in [1.29, 1.82) is 0 Å². The molecule has 0 amide bonds. The van der Waals surface area contributed by atoms with Gasteiger partial charge in [-0.25, -0.2) is 0 Å². The first-order valence-electron chi connectivity index (χ1n) is 10.6. The summed E-state index contributed by atoms with van der Waals surface area (Å²) in [5.74, 6) is 0.750. The summed E-state index contributed by atoms with van der Waals surface area (Å²) in [6.45, 7) is 0. The van der Waals surface area contributed by atoms with E-state index in [0.717, 1.165) is 22.8 Å². The van der Waals surface area contributed by atoms with Gasteiger partial charge in [-0.1, -0.05) is 12.1 Å². The molecule has 0 saturated carbocycles. The van der Waals surface area contributed by atoms with Crippen molar-refractivity contribution in [3.05, 3.63) is 113 Å². The quantitative estimate of drug-likeness (QED) is 0.241. The van der Waals surface area contributed by atoms with E-state index >= 15 is 0 Å². The second kappa shape index (κ2) is 8.95. The fourth-order valence-corrected chi connectivity index (χ4v) is 4.65. The van der Waals surface area contributed by atoms with Crippen LogP contribution in [0.15, 0.2) is 91.3 Å². The summed E-state index contributed by atoms with van der Waals surface area (Å²) in [6.07, 6.45) is 3.66. The molecule has 0 aliphatic carbocycles. The lowest BCUT2D eigenvalue weighted by molar-refractivity contribution is -0.384. The largest absolute Gasteiger partial charge is 0.497 e. The van der Waals surface area contributed by atoms with Gasteiger partial charge in [0.05, 0.1) is 29.5 Å². The molecule has 1 saturated heterocycles. The number of hydrogen-bond donors (Lipinski definition) is 1. The Labute approximate surface area is 201 Å². The highest BCUT2D eigenvalue weighted by atomic mass is 32.1. The number of nitrogens with zero attached hydrogens (tertiary/aromatic N) is 4. The fraction of sp³-hybridized carbons (Fsp3) is 0.120. The summed E-state index contributed by atoms with van der Waals surface area (Å²) in [6, 6.07) is 23.5. The SMILES string of the molecule is COc1ccc(N2C(=S)N[C@@H](c3ccccn3)[C@@H]2c2cccn2-c2cccc([N+](=O)[O-])c2)cc1. The van der Waals surface area contributed by atoms with E-state index in [1.807, 2.05) is 71.4 Å². The molecule has 1 fully saturated rings. The molecule has 0 bridgehead atoms. The maximum absolute atomic E-state index is 11.4. The molecule has 34 heavy (non-hydrogen) atoms. The van der Waals surface area contributed by atoms with Gasteiger partial charge < -0.3 is 19.5 Å². The highest BCUT2D eigenvalue weighted by Gasteiger charge is 2.42. The van der Waals surface area contributed by atoms with Crippen molar-refractivity contribution in [2.75, 3.05) is 12.0 Å². The molecule has 170 valence electrons. The van der Waals surface area contributed by atoms with Crippen LogP contribution in [-0.4, -0.2) is 26.7 Å². The van der Waals surface area contributed by atoms with E-state index in [9.17, 15) is 10.1 Å². The minimum Gasteiger partial charge on any atom is -0.497 e. The zero-order chi connectivity index (χ0) is 23.7. The number of anilines is 1. The maximum atomic E-state index is 11.4. The van der Waals surface area contributed by atoms with E-state index in [4.69, 9.17) is 17.0 Å². The molecule has 2 atom stereocenters. The van der Waals surface area contributed by atoms with E-state index in [0.29, 0.717) is 10.8 Å². The average molecular weight is 472 g/mol. The number of pyridine rings is 1. The third-order valence-electron chi connectivity index (χ3n) is 5.85. The first-order valence-corrected chi connectivity index (χ1v) is 11.0. The van der Waals surface area contributed by atoms with Gasteiger partial charge in [0.1, 0.15) is 11.8 Å². The van der Waals surface area contributed by atoms with Crippen molar-refractivity contribution < 1.29 is 9.66 Å². The summed E-state index contributed by atoms with van der Waals surface area (Å²) in [5, 5.41) is 15.4. The molecule has 8 nitrogen and oxygen atoms in total. The number of benzene rings is 2. The molecule has 0 radical (unpaired) electrons. The predicted octanol–water partition coefficient (Wildman–Crippen LogP) is 4.97. The van der Waals surface area contributed by atoms with Crippen LogP contribution in [0.4, 0.5) is 11.4 Å². The molecule has 1 aliphatic rings. The highest BCUT2D eigenvalue weighted by Crippen LogP contribution is 2.42. The minimum atomic E-state index is -0.390. The van der Waals surface area contributed by atoms with Crippen molar-refractivity contribution in [3.8, 4) is 11.4 Å². The van der Waals surface area contributed by atoms with Gasteiger partial charge >= 0.3 is 0 Å². The van der Waals surface area contributed by atoms with Crippen molar-refractivity contribution in [3.63, 3.8) is 0 Å². The second-order valence-corrected chi connectivity index (χ2v) is 8.16. The number of non-ortho nitro benzene ring substituents is 1. The lowest BCUT2D eigenvalue weighted by atomic mass is 10.0. The summed E-state index contributed by atoms with van der Waals surface area (Å²) in [7, 11) is 1.63. The van der Waals surface area contributed by atoms with Crippen LogP contribution in [0.5, 0.6) is 5.75 Å². The van der Waals surface area contributed by atoms with E-state index in [2.05, 4.69) is 15.2 Å². The van der Waals surface area contributed by atoms with E-state index < -0.39 is 0 Å². The number of aromatic nitrogens is 2. The molecule has 1 aliphatic heterocycles. The molecule has 9 heteroatoms. The van der Waals surface area contributed by atoms with Crippen molar-refractivity contribution in [2.45, 2.75) is 12.1 Å². The topological polar surface area (TPSA) is 85.5 Å². The first kappa shape index (κ1) is 21.6. The van der Waals surface area contributed by atoms with Crippen molar-refractivity contribution in [2.24, 2.45) is 0 Å². The number of nitrogens with one attached hydrogen (secondary N) is 1. The Kier molecular flexibility index (Phi) is 5.69. The Morgan fingerprint density at radius 3 is 2.56 bits per heavy atom. The zero-order valence-corrected chi connectivity index (χ0v) is 19.1. The van der Waals surface area contributed by atoms with E-state index in [1.54, 1.807) is 25.4 Å². The standard InChI is InChI=1S/C25H21N5O3S/c1-33-20-12-10-17(11-13-20)29-24(23(27-25(29)34)21-8-2-3-14-26-21)22-9-5-15-28(22)18-6-4-7-19(16-18)30(31)32/h2-16,23-24H,1H3,(H,27,34)/t23-,24-/m0/s1. The molecule has 5 rings (SSSR count). The number of nitro benzene ring substituents is 1. The van der Waals surface area contributed by atoms with Crippen LogP contribution < -0.4 is 15.0 Å². The van der Waals surface area contributed by atoms with Crippen LogP contribution in [0, 0.1) is 10.1 Å². The van der Waals surface area contributed by atoms with Gasteiger partial charge in [0, 0.05) is 35.9 Å². The smallest absolute Gasteiger partial charge is 0.271 e. The third-order valence-corrected chi connectivity index (χ3v) is 6.17. The number of ether oxygens (including phenoxy) is 1. The van der Waals surface area contributed by atoms with Gasteiger partial charge in [0.25, 0.3) is 5.69 Å². The van der Waals surface area contributed by atoms with Crippen molar-refractivity contribution in [1.82, 2.24) is 14.9 Å². The monoisotopic (exact) mass is 471 g/mol. The Morgan fingerprint density at radius 2 is 1.85 bits per heavy atom. The second-order valence-electron chi connectivity index (χ2n) is 7.77. The molecule has 0 unspecified atom stereocenters. The van der Waals surface area contributed by atoms with Crippen LogP contribution in [-0.2, 0) is 0 Å². The lowest BCUT2D eigenvalue weighted by Gasteiger charge is -2.29. The fourth-order valence-electron chi connectivity index (χ4n) is 4.30. The van der Waals surface area contributed by atoms with Gasteiger partial charge in [-0.3, -0.25) is 15.1 Å². The average Bonchev–Trinajstić information content (AvgIpc) is 3.49. The van der Waals surface area contributed by atoms with Crippen LogP contribution in [0.3, 0.4) is 0 Å². The van der Waals surface area contributed by atoms with Gasteiger partial charge in [-0.15, -0.1) is 0 Å². The predicted molar refractivity (Wildman–Crippen MR) is 133 cm³/mol. The molecular formula is C25H21N5O3S. The highest BCUT2D eigenvalue weighted by molar-refractivity contribution is 7.80. The summed E-state index contributed by atoms with van der Waals surface area (Å²) >= 11 is 5.78.